The number of nitrogens with zero attached hydrogens (tertiary/aromatic N) is 1. The molecule has 2 unspecified atom stereocenters. The maximum atomic E-state index is 11.7. The number of benzene rings is 2. The van der Waals surface area contributed by atoms with Crippen LogP contribution in [0.1, 0.15) is 34.5 Å². The molecule has 31 heavy (non-hydrogen) atoms. The smallest absolute Gasteiger partial charge is 0.337 e. The molecule has 0 aliphatic carbocycles. The van der Waals surface area contributed by atoms with Crippen molar-refractivity contribution in [3.8, 4) is 5.75 Å². The second-order valence-electron chi connectivity index (χ2n) is 7.41. The molecule has 0 bridgehead atoms. The van der Waals surface area contributed by atoms with Gasteiger partial charge in [0.25, 0.3) is 0 Å². The van der Waals surface area contributed by atoms with Crippen molar-refractivity contribution >= 4 is 11.7 Å². The SMILES string of the molecule is COC(=O)c1ccc(C2CN(C(/C=C(\N)c3ccccc3O)=C(N)N)CC(C)O2)cc1. The molecule has 2 atom stereocenters. The number of para-hydroxylation sites is 1. The highest BCUT2D eigenvalue weighted by molar-refractivity contribution is 5.89. The van der Waals surface area contributed by atoms with Crippen LogP contribution in [0, 0.1) is 0 Å². The molecule has 0 spiro atoms. The van der Waals surface area contributed by atoms with Crippen molar-refractivity contribution in [1.29, 1.82) is 0 Å². The number of ether oxygens (including phenoxy) is 2. The summed E-state index contributed by atoms with van der Waals surface area (Å²) in [6.45, 7) is 3.01. The summed E-state index contributed by atoms with van der Waals surface area (Å²) in [4.78, 5) is 13.7. The van der Waals surface area contributed by atoms with Crippen LogP contribution in [0.25, 0.3) is 5.70 Å². The van der Waals surface area contributed by atoms with Gasteiger partial charge in [0, 0.05) is 24.4 Å². The van der Waals surface area contributed by atoms with Crippen LogP contribution in [0.5, 0.6) is 5.75 Å². The number of morpholine rings is 1. The fraction of sp³-hybridized carbons (Fsp3) is 0.261. The van der Waals surface area contributed by atoms with Crippen LogP contribution < -0.4 is 17.2 Å². The third kappa shape index (κ3) is 5.10. The molecule has 0 amide bonds. The summed E-state index contributed by atoms with van der Waals surface area (Å²) in [5.41, 5.74) is 21.0. The van der Waals surface area contributed by atoms with Gasteiger partial charge in [0.2, 0.25) is 0 Å². The highest BCUT2D eigenvalue weighted by Gasteiger charge is 2.28. The molecule has 8 nitrogen and oxygen atoms in total. The van der Waals surface area contributed by atoms with Crippen molar-refractivity contribution in [2.45, 2.75) is 19.1 Å². The number of esters is 1. The summed E-state index contributed by atoms with van der Waals surface area (Å²) in [6, 6.07) is 13.9. The molecular formula is C23H28N4O4. The first-order valence-corrected chi connectivity index (χ1v) is 9.89. The van der Waals surface area contributed by atoms with Gasteiger partial charge < -0.3 is 36.7 Å². The van der Waals surface area contributed by atoms with Crippen molar-refractivity contribution in [3.05, 3.63) is 82.8 Å². The molecule has 1 aliphatic rings. The maximum Gasteiger partial charge on any atom is 0.337 e. The highest BCUT2D eigenvalue weighted by Crippen LogP contribution is 2.30. The van der Waals surface area contributed by atoms with Crippen molar-refractivity contribution in [2.24, 2.45) is 17.2 Å². The number of hydrogen-bond donors (Lipinski definition) is 4. The van der Waals surface area contributed by atoms with Gasteiger partial charge in [-0.2, -0.15) is 0 Å². The summed E-state index contributed by atoms with van der Waals surface area (Å²) >= 11 is 0. The average Bonchev–Trinajstić information content (AvgIpc) is 2.76. The standard InChI is InChI=1S/C23H28N4O4/c1-14-12-27(13-21(31-14)15-7-9-16(10-8-15)23(29)30-2)19(22(25)26)11-18(24)17-5-3-4-6-20(17)28/h3-11,14,21,28H,12-13,24-26H2,1-2H3/b18-11-. The van der Waals surface area contributed by atoms with E-state index in [2.05, 4.69) is 0 Å². The van der Waals surface area contributed by atoms with Crippen molar-refractivity contribution in [1.82, 2.24) is 4.90 Å². The Balaban J connectivity index is 1.86. The van der Waals surface area contributed by atoms with E-state index in [4.69, 9.17) is 26.7 Å². The minimum atomic E-state index is -0.392. The van der Waals surface area contributed by atoms with E-state index in [-0.39, 0.29) is 23.8 Å². The molecule has 3 rings (SSSR count). The van der Waals surface area contributed by atoms with Crippen molar-refractivity contribution in [3.63, 3.8) is 0 Å². The minimum absolute atomic E-state index is 0.0742. The minimum Gasteiger partial charge on any atom is -0.507 e. The zero-order chi connectivity index (χ0) is 22.5. The van der Waals surface area contributed by atoms with Gasteiger partial charge in [0.05, 0.1) is 24.5 Å². The Bertz CT molecular complexity index is 997. The first-order valence-electron chi connectivity index (χ1n) is 9.89. The zero-order valence-electron chi connectivity index (χ0n) is 17.6. The Morgan fingerprint density at radius 3 is 2.42 bits per heavy atom. The number of hydrogen-bond acceptors (Lipinski definition) is 8. The van der Waals surface area contributed by atoms with E-state index >= 15 is 0 Å². The van der Waals surface area contributed by atoms with E-state index in [1.165, 1.54) is 7.11 Å². The molecule has 2 aromatic rings. The van der Waals surface area contributed by atoms with Gasteiger partial charge in [-0.05, 0) is 42.8 Å². The Morgan fingerprint density at radius 2 is 1.81 bits per heavy atom. The summed E-state index contributed by atoms with van der Waals surface area (Å²) in [5.74, 6) is -0.200. The maximum absolute atomic E-state index is 11.7. The molecule has 0 aromatic heterocycles. The molecule has 1 saturated heterocycles. The van der Waals surface area contributed by atoms with Gasteiger partial charge in [0.1, 0.15) is 17.7 Å². The van der Waals surface area contributed by atoms with Gasteiger partial charge >= 0.3 is 5.97 Å². The lowest BCUT2D eigenvalue weighted by Crippen LogP contribution is -2.43. The monoisotopic (exact) mass is 424 g/mol. The molecular weight excluding hydrogens is 396 g/mol. The predicted molar refractivity (Wildman–Crippen MR) is 118 cm³/mol. The van der Waals surface area contributed by atoms with Gasteiger partial charge in [-0.3, -0.25) is 0 Å². The number of carbonyl (C=O) groups is 1. The summed E-state index contributed by atoms with van der Waals surface area (Å²) in [6.07, 6.45) is 1.30. The summed E-state index contributed by atoms with van der Waals surface area (Å²) < 4.78 is 10.9. The van der Waals surface area contributed by atoms with E-state index in [1.807, 2.05) is 24.0 Å². The molecule has 1 aliphatic heterocycles. The third-order valence-electron chi connectivity index (χ3n) is 5.11. The first-order chi connectivity index (χ1) is 14.8. The molecule has 2 aromatic carbocycles. The lowest BCUT2D eigenvalue weighted by Gasteiger charge is -2.39. The number of aromatic hydroxyl groups is 1. The highest BCUT2D eigenvalue weighted by atomic mass is 16.5. The number of methoxy groups -OCH3 is 1. The number of carbonyl (C=O) groups excluding carboxylic acids is 1. The number of phenols is 1. The van der Waals surface area contributed by atoms with Crippen LogP contribution in [0.3, 0.4) is 0 Å². The van der Waals surface area contributed by atoms with Crippen LogP contribution >= 0.6 is 0 Å². The Kier molecular flexibility index (Phi) is 6.71. The zero-order valence-corrected chi connectivity index (χ0v) is 17.6. The van der Waals surface area contributed by atoms with Crippen LogP contribution in [0.2, 0.25) is 0 Å². The van der Waals surface area contributed by atoms with E-state index in [1.54, 1.807) is 42.5 Å². The lowest BCUT2D eigenvalue weighted by molar-refractivity contribution is -0.0683. The molecule has 8 heteroatoms. The van der Waals surface area contributed by atoms with Gasteiger partial charge in [-0.25, -0.2) is 4.79 Å². The average molecular weight is 425 g/mol. The van der Waals surface area contributed by atoms with Crippen LogP contribution in [-0.4, -0.2) is 42.3 Å². The predicted octanol–water partition coefficient (Wildman–Crippen LogP) is 2.03. The van der Waals surface area contributed by atoms with Crippen LogP contribution in [0.4, 0.5) is 0 Å². The van der Waals surface area contributed by atoms with Gasteiger partial charge in [-0.15, -0.1) is 0 Å². The molecule has 0 radical (unpaired) electrons. The third-order valence-corrected chi connectivity index (χ3v) is 5.11. The van der Waals surface area contributed by atoms with Gasteiger partial charge in [-0.1, -0.05) is 24.3 Å². The number of phenolic OH excluding ortho intramolecular Hbond substituents is 1. The van der Waals surface area contributed by atoms with E-state index in [0.29, 0.717) is 35.6 Å². The molecule has 1 fully saturated rings. The quantitative estimate of drug-likeness (QED) is 0.423. The second-order valence-corrected chi connectivity index (χ2v) is 7.41. The number of allylic oxidation sites excluding steroid dienone is 1. The van der Waals surface area contributed by atoms with Crippen molar-refractivity contribution in [2.75, 3.05) is 20.2 Å². The fourth-order valence-corrected chi connectivity index (χ4v) is 3.58. The Labute approximate surface area is 181 Å². The number of nitrogens with two attached hydrogens (primary N) is 3. The van der Waals surface area contributed by atoms with Crippen LogP contribution in [-0.2, 0) is 9.47 Å². The molecule has 1 heterocycles. The number of rotatable bonds is 5. The van der Waals surface area contributed by atoms with Gasteiger partial charge in [0.15, 0.2) is 0 Å². The molecule has 164 valence electrons. The van der Waals surface area contributed by atoms with Crippen LogP contribution in [0.15, 0.2) is 66.1 Å². The topological polar surface area (TPSA) is 137 Å². The van der Waals surface area contributed by atoms with E-state index in [0.717, 1.165) is 5.56 Å². The van der Waals surface area contributed by atoms with E-state index in [9.17, 15) is 9.90 Å². The summed E-state index contributed by atoms with van der Waals surface area (Å²) in [7, 11) is 1.35. The van der Waals surface area contributed by atoms with E-state index < -0.39 is 5.97 Å². The van der Waals surface area contributed by atoms with Crippen molar-refractivity contribution < 1.29 is 19.4 Å². The summed E-state index contributed by atoms with van der Waals surface area (Å²) in [5, 5.41) is 10.1. The first kappa shape index (κ1) is 22.0. The Hall–Kier alpha value is -3.65. The molecule has 7 N–H and O–H groups in total. The Morgan fingerprint density at radius 1 is 1.13 bits per heavy atom. The normalized spacial score (nSPS) is 19.0. The lowest BCUT2D eigenvalue weighted by atomic mass is 10.0. The molecule has 0 saturated carbocycles. The second kappa shape index (κ2) is 9.44. The fourth-order valence-electron chi connectivity index (χ4n) is 3.58. The largest absolute Gasteiger partial charge is 0.507 e.